The maximum absolute atomic E-state index is 12.9. The Bertz CT molecular complexity index is 1270. The second-order valence-electron chi connectivity index (χ2n) is 8.73. The molecule has 1 aromatic carbocycles. The highest BCUT2D eigenvalue weighted by Gasteiger charge is 2.26. The number of thioether (sulfide) groups is 1. The summed E-state index contributed by atoms with van der Waals surface area (Å²) in [6.07, 6.45) is 6.79. The fourth-order valence-electron chi connectivity index (χ4n) is 4.24. The first kappa shape index (κ1) is 26.9. The zero-order valence-electron chi connectivity index (χ0n) is 21.2. The third kappa shape index (κ3) is 6.81. The molecule has 0 fully saturated rings. The van der Waals surface area contributed by atoms with Crippen LogP contribution in [0.15, 0.2) is 42.1 Å². The van der Waals surface area contributed by atoms with Gasteiger partial charge in [-0.05, 0) is 62.8 Å². The van der Waals surface area contributed by atoms with Crippen molar-refractivity contribution in [1.82, 2.24) is 14.8 Å². The molecule has 3 aromatic rings. The number of hydrogen-bond donors (Lipinski definition) is 1. The Balaban J connectivity index is 1.43. The molecule has 196 valence electrons. The first-order chi connectivity index (χ1) is 18.0. The van der Waals surface area contributed by atoms with E-state index in [9.17, 15) is 9.59 Å². The van der Waals surface area contributed by atoms with E-state index in [1.807, 2.05) is 35.8 Å². The summed E-state index contributed by atoms with van der Waals surface area (Å²) in [5.74, 6) is 0.953. The van der Waals surface area contributed by atoms with E-state index in [-0.39, 0.29) is 24.2 Å². The van der Waals surface area contributed by atoms with E-state index in [1.54, 1.807) is 13.0 Å². The van der Waals surface area contributed by atoms with E-state index in [2.05, 4.69) is 22.1 Å². The minimum absolute atomic E-state index is 0.124. The number of benzene rings is 1. The molecule has 2 heterocycles. The van der Waals surface area contributed by atoms with Gasteiger partial charge in [0.2, 0.25) is 5.91 Å². The van der Waals surface area contributed by atoms with E-state index in [1.165, 1.54) is 28.0 Å². The highest BCUT2D eigenvalue weighted by Crippen LogP contribution is 2.38. The van der Waals surface area contributed by atoms with Gasteiger partial charge in [-0.15, -0.1) is 28.1 Å². The summed E-state index contributed by atoms with van der Waals surface area (Å²) >= 11 is 2.78. The fourth-order valence-corrected chi connectivity index (χ4v) is 6.30. The molecule has 0 spiro atoms. The number of anilines is 1. The predicted molar refractivity (Wildman–Crippen MR) is 147 cm³/mol. The summed E-state index contributed by atoms with van der Waals surface area (Å²) in [6.45, 7) is 8.67. The Kier molecular flexibility index (Phi) is 9.40. The molecule has 4 rings (SSSR count). The number of carbonyl (C=O) groups is 2. The number of allylic oxidation sites excluding steroid dienone is 1. The molecule has 0 atom stereocenters. The van der Waals surface area contributed by atoms with Crippen molar-refractivity contribution in [2.45, 2.75) is 64.3 Å². The van der Waals surface area contributed by atoms with Crippen molar-refractivity contribution < 1.29 is 19.1 Å². The minimum Gasteiger partial charge on any atom is -0.486 e. The van der Waals surface area contributed by atoms with Gasteiger partial charge in [-0.1, -0.05) is 36.4 Å². The molecule has 0 aliphatic heterocycles. The second-order valence-corrected chi connectivity index (χ2v) is 10.8. The minimum atomic E-state index is -0.367. The summed E-state index contributed by atoms with van der Waals surface area (Å²) < 4.78 is 13.1. The normalized spacial score (nSPS) is 12.9. The van der Waals surface area contributed by atoms with Crippen LogP contribution in [0, 0.1) is 6.92 Å². The topological polar surface area (TPSA) is 95.3 Å². The highest BCUT2D eigenvalue weighted by atomic mass is 32.2. The number of thiophene rings is 1. The van der Waals surface area contributed by atoms with E-state index in [0.717, 1.165) is 49.0 Å². The SMILES string of the molecule is C=CCn1c(COc2cccc(C)c2)nnc1SCC(=O)Nc1sc2c(c1C(=O)OCC)CCCCC2. The molecule has 0 saturated heterocycles. The van der Waals surface area contributed by atoms with Crippen molar-refractivity contribution in [1.29, 1.82) is 0 Å². The molecule has 0 unspecified atom stereocenters. The number of aryl methyl sites for hydroxylation is 2. The summed E-state index contributed by atoms with van der Waals surface area (Å²) in [5.41, 5.74) is 2.67. The van der Waals surface area contributed by atoms with Crippen LogP contribution in [0.4, 0.5) is 5.00 Å². The molecule has 0 bridgehead atoms. The lowest BCUT2D eigenvalue weighted by atomic mass is 10.1. The van der Waals surface area contributed by atoms with Crippen LogP contribution < -0.4 is 10.1 Å². The number of rotatable bonds is 11. The molecule has 1 amide bonds. The maximum atomic E-state index is 12.9. The van der Waals surface area contributed by atoms with Gasteiger partial charge in [0.1, 0.15) is 17.4 Å². The Hall–Kier alpha value is -3.11. The largest absolute Gasteiger partial charge is 0.486 e. The quantitative estimate of drug-likeness (QED) is 0.147. The van der Waals surface area contributed by atoms with Crippen LogP contribution in [0.1, 0.15) is 58.4 Å². The van der Waals surface area contributed by atoms with Crippen molar-refractivity contribution in [3.8, 4) is 5.75 Å². The number of hydrogen-bond acceptors (Lipinski definition) is 8. The average Bonchev–Trinajstić information content (AvgIpc) is 3.33. The van der Waals surface area contributed by atoms with Gasteiger partial charge in [0, 0.05) is 11.4 Å². The molecular weight excluding hydrogens is 508 g/mol. The summed E-state index contributed by atoms with van der Waals surface area (Å²) in [4.78, 5) is 26.9. The van der Waals surface area contributed by atoms with Crippen molar-refractivity contribution in [2.24, 2.45) is 0 Å². The van der Waals surface area contributed by atoms with Gasteiger partial charge in [-0.3, -0.25) is 9.36 Å². The first-order valence-corrected chi connectivity index (χ1v) is 14.3. The summed E-state index contributed by atoms with van der Waals surface area (Å²) in [7, 11) is 0. The molecule has 0 radical (unpaired) electrons. The molecule has 1 aliphatic carbocycles. The van der Waals surface area contributed by atoms with E-state index < -0.39 is 0 Å². The fraction of sp³-hybridized carbons (Fsp3) is 0.407. The molecule has 10 heteroatoms. The smallest absolute Gasteiger partial charge is 0.341 e. The van der Waals surface area contributed by atoms with Crippen LogP contribution in [0.3, 0.4) is 0 Å². The third-order valence-corrected chi connectivity index (χ3v) is 8.12. The average molecular weight is 541 g/mol. The monoisotopic (exact) mass is 540 g/mol. The Morgan fingerprint density at radius 3 is 2.86 bits per heavy atom. The third-order valence-electron chi connectivity index (χ3n) is 5.95. The lowest BCUT2D eigenvalue weighted by molar-refractivity contribution is -0.113. The Morgan fingerprint density at radius 1 is 1.24 bits per heavy atom. The van der Waals surface area contributed by atoms with Gasteiger partial charge < -0.3 is 14.8 Å². The number of amides is 1. The molecular formula is C27H32N4O4S2. The number of fused-ring (bicyclic) bond motifs is 1. The molecule has 1 N–H and O–H groups in total. The molecule has 2 aromatic heterocycles. The van der Waals surface area contributed by atoms with Gasteiger partial charge in [0.25, 0.3) is 0 Å². The zero-order valence-corrected chi connectivity index (χ0v) is 22.9. The standard InChI is InChI=1S/C27H32N4O4S2/c1-4-14-31-22(16-35-19-11-9-10-18(3)15-19)29-30-27(31)36-17-23(32)28-25-24(26(33)34-5-2)20-12-7-6-8-13-21(20)37-25/h4,9-11,15H,1,5-8,12-14,16-17H2,2-3H3,(H,28,32). The lowest BCUT2D eigenvalue weighted by Crippen LogP contribution is -2.17. The highest BCUT2D eigenvalue weighted by molar-refractivity contribution is 7.99. The van der Waals surface area contributed by atoms with Gasteiger partial charge in [0.05, 0.1) is 17.9 Å². The number of nitrogens with zero attached hydrogens (tertiary/aromatic N) is 3. The van der Waals surface area contributed by atoms with Crippen LogP contribution in [0.25, 0.3) is 0 Å². The molecule has 8 nitrogen and oxygen atoms in total. The molecule has 37 heavy (non-hydrogen) atoms. The Labute approximate surface area is 225 Å². The number of nitrogens with one attached hydrogen (secondary N) is 1. The number of carbonyl (C=O) groups excluding carboxylic acids is 2. The number of ether oxygens (including phenoxy) is 2. The van der Waals surface area contributed by atoms with Gasteiger partial charge in [-0.25, -0.2) is 4.79 Å². The second kappa shape index (κ2) is 12.9. The number of esters is 1. The van der Waals surface area contributed by atoms with Gasteiger partial charge in [0.15, 0.2) is 11.0 Å². The van der Waals surface area contributed by atoms with Gasteiger partial charge in [-0.2, -0.15) is 0 Å². The van der Waals surface area contributed by atoms with Crippen molar-refractivity contribution in [3.63, 3.8) is 0 Å². The lowest BCUT2D eigenvalue weighted by Gasteiger charge is -2.10. The van der Waals surface area contributed by atoms with E-state index in [0.29, 0.717) is 34.7 Å². The first-order valence-electron chi connectivity index (χ1n) is 12.5. The van der Waals surface area contributed by atoms with E-state index in [4.69, 9.17) is 9.47 Å². The maximum Gasteiger partial charge on any atom is 0.341 e. The van der Waals surface area contributed by atoms with Crippen molar-refractivity contribution >= 4 is 40.0 Å². The predicted octanol–water partition coefficient (Wildman–Crippen LogP) is 5.59. The summed E-state index contributed by atoms with van der Waals surface area (Å²) in [5, 5.41) is 12.7. The van der Waals surface area contributed by atoms with Crippen LogP contribution in [-0.4, -0.2) is 39.0 Å². The van der Waals surface area contributed by atoms with Crippen LogP contribution in [0.2, 0.25) is 0 Å². The van der Waals surface area contributed by atoms with Crippen LogP contribution >= 0.6 is 23.1 Å². The number of aromatic nitrogens is 3. The van der Waals surface area contributed by atoms with Gasteiger partial charge >= 0.3 is 5.97 Å². The zero-order chi connectivity index (χ0) is 26.2. The van der Waals surface area contributed by atoms with Crippen molar-refractivity contribution in [2.75, 3.05) is 17.7 Å². The molecule has 0 saturated carbocycles. The van der Waals surface area contributed by atoms with E-state index >= 15 is 0 Å². The Morgan fingerprint density at radius 2 is 2.08 bits per heavy atom. The summed E-state index contributed by atoms with van der Waals surface area (Å²) in [6, 6.07) is 7.81. The van der Waals surface area contributed by atoms with Crippen molar-refractivity contribution in [3.05, 3.63) is 64.3 Å². The molecule has 1 aliphatic rings. The van der Waals surface area contributed by atoms with Crippen LogP contribution in [0.5, 0.6) is 5.75 Å². The van der Waals surface area contributed by atoms with Crippen LogP contribution in [-0.2, 0) is 35.5 Å².